The number of piperidine rings is 1. The first-order chi connectivity index (χ1) is 12.0. The van der Waals surface area contributed by atoms with Crippen molar-refractivity contribution >= 4 is 17.8 Å². The fourth-order valence-electron chi connectivity index (χ4n) is 3.56. The fraction of sp³-hybridized carbons (Fsp3) is 0.471. The van der Waals surface area contributed by atoms with Crippen LogP contribution in [0.3, 0.4) is 0 Å². The van der Waals surface area contributed by atoms with Gasteiger partial charge in [0, 0.05) is 13.1 Å². The third kappa shape index (κ3) is 2.57. The van der Waals surface area contributed by atoms with Gasteiger partial charge < -0.3 is 19.7 Å². The molecule has 0 saturated carbocycles. The number of benzene rings is 1. The topological polar surface area (TPSA) is 97.0 Å². The molecular weight excluding hydrogens is 326 g/mol. The van der Waals surface area contributed by atoms with E-state index in [0.717, 1.165) is 0 Å². The number of hydrogen-bond donors (Lipinski definition) is 2. The number of ether oxygens (including phenoxy) is 2. The van der Waals surface area contributed by atoms with Crippen LogP contribution in [-0.2, 0) is 9.59 Å². The van der Waals surface area contributed by atoms with E-state index in [-0.39, 0.29) is 11.8 Å². The molecule has 0 unspecified atom stereocenters. The highest BCUT2D eigenvalue weighted by Crippen LogP contribution is 2.34. The van der Waals surface area contributed by atoms with Crippen LogP contribution in [0.4, 0.5) is 4.79 Å². The van der Waals surface area contributed by atoms with Gasteiger partial charge in [0.2, 0.25) is 6.10 Å². The Morgan fingerprint density at radius 3 is 2.40 bits per heavy atom. The summed E-state index contributed by atoms with van der Waals surface area (Å²) in [6, 6.07) is 6.77. The number of carbonyl (C=O) groups is 3. The van der Waals surface area contributed by atoms with Gasteiger partial charge in [0.05, 0.1) is 0 Å². The largest absolute Gasteiger partial charge is 0.482 e. The number of urea groups is 1. The Balaban J connectivity index is 1.44. The summed E-state index contributed by atoms with van der Waals surface area (Å²) < 4.78 is 11.6. The molecule has 8 nitrogen and oxygen atoms in total. The summed E-state index contributed by atoms with van der Waals surface area (Å²) in [4.78, 5) is 37.9. The lowest BCUT2D eigenvalue weighted by molar-refractivity contribution is -0.147. The molecule has 25 heavy (non-hydrogen) atoms. The summed E-state index contributed by atoms with van der Waals surface area (Å²) in [5, 5.41) is 4.95. The summed E-state index contributed by atoms with van der Waals surface area (Å²) in [5.74, 6) is 0.697. The quantitative estimate of drug-likeness (QED) is 0.719. The third-order valence-corrected chi connectivity index (χ3v) is 5.03. The highest BCUT2D eigenvalue weighted by molar-refractivity contribution is 6.07. The van der Waals surface area contributed by atoms with Gasteiger partial charge in [-0.2, -0.15) is 0 Å². The SMILES string of the molecule is C[C@@H]1Oc2ccccc2O[C@H]1C(=O)N1CCC2(CC1)NC(=O)NC2=O. The molecule has 132 valence electrons. The molecule has 0 bridgehead atoms. The molecular formula is C17H19N3O5. The minimum atomic E-state index is -0.893. The Kier molecular flexibility index (Phi) is 3.55. The summed E-state index contributed by atoms with van der Waals surface area (Å²) in [6.45, 7) is 2.55. The normalized spacial score (nSPS) is 27.0. The van der Waals surface area contributed by atoms with Crippen molar-refractivity contribution in [2.75, 3.05) is 13.1 Å². The Morgan fingerprint density at radius 1 is 1.16 bits per heavy atom. The number of carbonyl (C=O) groups excluding carboxylic acids is 3. The van der Waals surface area contributed by atoms with E-state index in [2.05, 4.69) is 10.6 Å². The maximum Gasteiger partial charge on any atom is 0.322 e. The number of fused-ring (bicyclic) bond motifs is 1. The van der Waals surface area contributed by atoms with Crippen molar-refractivity contribution in [3.8, 4) is 11.5 Å². The van der Waals surface area contributed by atoms with E-state index < -0.39 is 23.8 Å². The monoisotopic (exact) mass is 345 g/mol. The number of para-hydroxylation sites is 2. The molecule has 0 radical (unpaired) electrons. The van der Waals surface area contributed by atoms with Crippen LogP contribution in [0.2, 0.25) is 0 Å². The molecule has 1 aromatic rings. The van der Waals surface area contributed by atoms with Crippen LogP contribution in [0.1, 0.15) is 19.8 Å². The number of likely N-dealkylation sites (tertiary alicyclic amines) is 1. The van der Waals surface area contributed by atoms with Crippen molar-refractivity contribution in [1.29, 1.82) is 0 Å². The van der Waals surface area contributed by atoms with E-state index in [0.29, 0.717) is 37.4 Å². The molecule has 1 aromatic carbocycles. The smallest absolute Gasteiger partial charge is 0.322 e. The van der Waals surface area contributed by atoms with Gasteiger partial charge in [0.25, 0.3) is 11.8 Å². The second-order valence-corrected chi connectivity index (χ2v) is 6.62. The zero-order chi connectivity index (χ0) is 17.6. The minimum Gasteiger partial charge on any atom is -0.482 e. The molecule has 3 aliphatic heterocycles. The van der Waals surface area contributed by atoms with Gasteiger partial charge in [-0.15, -0.1) is 0 Å². The van der Waals surface area contributed by atoms with Gasteiger partial charge in [-0.05, 0) is 31.9 Å². The standard InChI is InChI=1S/C17H19N3O5/c1-10-13(25-12-5-3-2-4-11(12)24-10)14(21)20-8-6-17(7-9-20)15(22)18-16(23)19-17/h2-5,10,13H,6-9H2,1H3,(H2,18,19,22,23)/t10-,13+/m0/s1. The van der Waals surface area contributed by atoms with Crippen LogP contribution in [0.25, 0.3) is 0 Å². The number of hydrogen-bond acceptors (Lipinski definition) is 5. The van der Waals surface area contributed by atoms with E-state index in [9.17, 15) is 14.4 Å². The van der Waals surface area contributed by atoms with Gasteiger partial charge in [-0.1, -0.05) is 12.1 Å². The average molecular weight is 345 g/mol. The number of rotatable bonds is 1. The molecule has 0 aliphatic carbocycles. The molecule has 2 N–H and O–H groups in total. The second kappa shape index (κ2) is 5.65. The van der Waals surface area contributed by atoms with Gasteiger partial charge in [0.15, 0.2) is 11.5 Å². The Bertz CT molecular complexity index is 742. The molecule has 3 aliphatic rings. The summed E-state index contributed by atoms with van der Waals surface area (Å²) in [5.41, 5.74) is -0.893. The molecule has 2 atom stereocenters. The number of nitrogens with zero attached hydrogens (tertiary/aromatic N) is 1. The third-order valence-electron chi connectivity index (χ3n) is 5.03. The molecule has 3 heterocycles. The Labute approximate surface area is 144 Å². The van der Waals surface area contributed by atoms with Gasteiger partial charge >= 0.3 is 6.03 Å². The lowest BCUT2D eigenvalue weighted by atomic mass is 9.87. The molecule has 8 heteroatoms. The highest BCUT2D eigenvalue weighted by Gasteiger charge is 2.49. The van der Waals surface area contributed by atoms with Crippen molar-refractivity contribution in [3.63, 3.8) is 0 Å². The lowest BCUT2D eigenvalue weighted by Crippen LogP contribution is -2.59. The zero-order valence-electron chi connectivity index (χ0n) is 13.8. The van der Waals surface area contributed by atoms with E-state index in [1.165, 1.54) is 0 Å². The molecule has 4 amide bonds. The molecule has 2 fully saturated rings. The van der Waals surface area contributed by atoms with Gasteiger partial charge in [0.1, 0.15) is 11.6 Å². The Morgan fingerprint density at radius 2 is 1.80 bits per heavy atom. The van der Waals surface area contributed by atoms with Crippen LogP contribution in [0, 0.1) is 0 Å². The van der Waals surface area contributed by atoms with Crippen molar-refractivity contribution in [3.05, 3.63) is 24.3 Å². The van der Waals surface area contributed by atoms with Crippen molar-refractivity contribution in [1.82, 2.24) is 15.5 Å². The highest BCUT2D eigenvalue weighted by atomic mass is 16.6. The van der Waals surface area contributed by atoms with Crippen molar-refractivity contribution in [2.24, 2.45) is 0 Å². The molecule has 1 spiro atoms. The van der Waals surface area contributed by atoms with E-state index in [1.54, 1.807) is 24.0 Å². The summed E-state index contributed by atoms with van der Waals surface area (Å²) in [7, 11) is 0. The zero-order valence-corrected chi connectivity index (χ0v) is 13.8. The first kappa shape index (κ1) is 15.7. The average Bonchev–Trinajstić information content (AvgIpc) is 2.87. The van der Waals surface area contributed by atoms with E-state index in [1.807, 2.05) is 12.1 Å². The fourth-order valence-corrected chi connectivity index (χ4v) is 3.56. The summed E-state index contributed by atoms with van der Waals surface area (Å²) in [6.07, 6.45) is -0.368. The molecule has 0 aromatic heterocycles. The van der Waals surface area contributed by atoms with Crippen molar-refractivity contribution in [2.45, 2.75) is 37.5 Å². The van der Waals surface area contributed by atoms with Crippen molar-refractivity contribution < 1.29 is 23.9 Å². The first-order valence-electron chi connectivity index (χ1n) is 8.33. The number of nitrogens with one attached hydrogen (secondary N) is 2. The predicted molar refractivity (Wildman–Crippen MR) is 86.2 cm³/mol. The predicted octanol–water partition coefficient (Wildman–Crippen LogP) is 0.416. The maximum atomic E-state index is 12.9. The second-order valence-electron chi connectivity index (χ2n) is 6.62. The van der Waals surface area contributed by atoms with E-state index >= 15 is 0 Å². The van der Waals surface area contributed by atoms with Crippen LogP contribution in [-0.4, -0.2) is 53.6 Å². The first-order valence-corrected chi connectivity index (χ1v) is 8.33. The van der Waals surface area contributed by atoms with Crippen LogP contribution < -0.4 is 20.1 Å². The van der Waals surface area contributed by atoms with Crippen LogP contribution in [0.5, 0.6) is 11.5 Å². The minimum absolute atomic E-state index is 0.165. The Hall–Kier alpha value is -2.77. The van der Waals surface area contributed by atoms with Crippen LogP contribution in [0.15, 0.2) is 24.3 Å². The maximum absolute atomic E-state index is 12.9. The number of amides is 4. The lowest BCUT2D eigenvalue weighted by Gasteiger charge is -2.40. The van der Waals surface area contributed by atoms with Crippen LogP contribution >= 0.6 is 0 Å². The summed E-state index contributed by atoms with van der Waals surface area (Å²) >= 11 is 0. The molecule has 4 rings (SSSR count). The van der Waals surface area contributed by atoms with E-state index in [4.69, 9.17) is 9.47 Å². The van der Waals surface area contributed by atoms with Gasteiger partial charge in [-0.3, -0.25) is 14.9 Å². The molecule has 2 saturated heterocycles. The van der Waals surface area contributed by atoms with Gasteiger partial charge in [-0.25, -0.2) is 4.79 Å². The number of imide groups is 1.